The van der Waals surface area contributed by atoms with Gasteiger partial charge in [-0.15, -0.1) is 0 Å². The lowest BCUT2D eigenvalue weighted by molar-refractivity contribution is 1.31. The van der Waals surface area contributed by atoms with Gasteiger partial charge in [0.2, 0.25) is 0 Å². The van der Waals surface area contributed by atoms with Crippen molar-refractivity contribution in [1.82, 2.24) is 0 Å². The summed E-state index contributed by atoms with van der Waals surface area (Å²) in [5.41, 5.74) is 1.31. The Hall–Kier alpha value is -0.690. The van der Waals surface area contributed by atoms with E-state index >= 15 is 0 Å². The highest BCUT2D eigenvalue weighted by Crippen LogP contribution is 2.21. The summed E-state index contributed by atoms with van der Waals surface area (Å²) in [5, 5.41) is 1.85. The van der Waals surface area contributed by atoms with Crippen LogP contribution in [0.15, 0.2) is 41.1 Å². The molecular weight excluding hydrogens is 176 g/mol. The maximum Gasteiger partial charge on any atom is 0.0145 e. The van der Waals surface area contributed by atoms with Crippen molar-refractivity contribution in [2.45, 2.75) is 33.1 Å². The second kappa shape index (κ2) is 9.40. The Bertz CT molecular complexity index is 228. The number of hydrogen-bond donors (Lipinski definition) is 0. The molecule has 1 heteroatoms. The van der Waals surface area contributed by atoms with E-state index < -0.39 is 0 Å². The minimum absolute atomic E-state index is 0. The molecule has 0 aliphatic heterocycles. The van der Waals surface area contributed by atoms with E-state index in [2.05, 4.69) is 25.6 Å². The van der Waals surface area contributed by atoms with Crippen molar-refractivity contribution in [3.8, 4) is 0 Å². The first-order valence-corrected chi connectivity index (χ1v) is 5.06. The second-order valence-corrected chi connectivity index (χ2v) is 3.06. The minimum Gasteiger partial charge on any atom is -0.0984 e. The van der Waals surface area contributed by atoms with Gasteiger partial charge in [-0.25, -0.2) is 0 Å². The first kappa shape index (κ1) is 14.8. The zero-order valence-electron chi connectivity index (χ0n) is 8.00. The van der Waals surface area contributed by atoms with Crippen LogP contribution in [0.5, 0.6) is 0 Å². The number of hydrogen-bond acceptors (Lipinski definition) is 1. The lowest BCUT2D eigenvalue weighted by atomic mass is 10.2. The molecular formula is C12H20S. The highest BCUT2D eigenvalue weighted by Gasteiger charge is 1.91. The summed E-state index contributed by atoms with van der Waals surface area (Å²) in [4.78, 5) is 1.29. The quantitative estimate of drug-likeness (QED) is 0.607. The fraction of sp³-hybridized carbons (Fsp3) is 0.333. The zero-order valence-corrected chi connectivity index (χ0v) is 8.82. The highest BCUT2D eigenvalue weighted by atomic mass is 32.2. The number of rotatable bonds is 2. The molecule has 0 saturated heterocycles. The standard InChI is InChI=1S/C9H10S.C2H6.CH4/c1-3-10-9-7-5-4-6-8(9)2;1-2;/h3-7H,1H2,2H3;1-2H3;1H4. The molecule has 0 aliphatic carbocycles. The third kappa shape index (κ3) is 5.53. The summed E-state index contributed by atoms with van der Waals surface area (Å²) in [7, 11) is 0. The highest BCUT2D eigenvalue weighted by molar-refractivity contribution is 8.02. The smallest absolute Gasteiger partial charge is 0.0145 e. The lowest BCUT2D eigenvalue weighted by Gasteiger charge is -1.98. The van der Waals surface area contributed by atoms with E-state index in [9.17, 15) is 0 Å². The summed E-state index contributed by atoms with van der Waals surface area (Å²) >= 11 is 1.67. The first-order chi connectivity index (χ1) is 5.84. The van der Waals surface area contributed by atoms with Gasteiger partial charge in [0.25, 0.3) is 0 Å². The van der Waals surface area contributed by atoms with Crippen LogP contribution in [0.3, 0.4) is 0 Å². The topological polar surface area (TPSA) is 0 Å². The van der Waals surface area contributed by atoms with Gasteiger partial charge in [-0.2, -0.15) is 0 Å². The number of aryl methyl sites for hydroxylation is 1. The molecule has 0 bridgehead atoms. The second-order valence-electron chi connectivity index (χ2n) is 2.05. The van der Waals surface area contributed by atoms with Crippen molar-refractivity contribution in [2.24, 2.45) is 0 Å². The Labute approximate surface area is 87.1 Å². The SMILES string of the molecule is C.C=CSc1ccccc1C.CC. The summed E-state index contributed by atoms with van der Waals surface area (Å²) in [6.07, 6.45) is 0. The van der Waals surface area contributed by atoms with Crippen LogP contribution in [-0.4, -0.2) is 0 Å². The van der Waals surface area contributed by atoms with E-state index in [1.54, 1.807) is 11.8 Å². The molecule has 0 amide bonds. The van der Waals surface area contributed by atoms with Gasteiger partial charge in [-0.05, 0) is 24.0 Å². The van der Waals surface area contributed by atoms with E-state index in [4.69, 9.17) is 0 Å². The molecule has 74 valence electrons. The Balaban J connectivity index is 0. The third-order valence-electron chi connectivity index (χ3n) is 1.30. The van der Waals surface area contributed by atoms with E-state index in [1.807, 2.05) is 31.4 Å². The lowest BCUT2D eigenvalue weighted by Crippen LogP contribution is -1.73. The average molecular weight is 196 g/mol. The molecule has 1 aromatic carbocycles. The van der Waals surface area contributed by atoms with Gasteiger partial charge in [-0.3, -0.25) is 0 Å². The van der Waals surface area contributed by atoms with Crippen molar-refractivity contribution in [3.63, 3.8) is 0 Å². The molecule has 0 unspecified atom stereocenters. The molecule has 0 atom stereocenters. The van der Waals surface area contributed by atoms with Crippen molar-refractivity contribution in [3.05, 3.63) is 41.8 Å². The molecule has 0 N–H and O–H groups in total. The Morgan fingerprint density at radius 2 is 1.77 bits per heavy atom. The molecule has 0 heterocycles. The van der Waals surface area contributed by atoms with Crippen molar-refractivity contribution < 1.29 is 0 Å². The normalized spacial score (nSPS) is 7.62. The molecule has 0 spiro atoms. The van der Waals surface area contributed by atoms with Crippen LogP contribution in [0.2, 0.25) is 0 Å². The Morgan fingerprint density at radius 1 is 1.23 bits per heavy atom. The maximum atomic E-state index is 3.66. The van der Waals surface area contributed by atoms with Gasteiger partial charge in [-0.1, -0.05) is 57.8 Å². The summed E-state index contributed by atoms with van der Waals surface area (Å²) in [6.45, 7) is 9.76. The van der Waals surface area contributed by atoms with E-state index in [1.165, 1.54) is 10.5 Å². The molecule has 1 rings (SSSR count). The Kier molecular flexibility index (Phi) is 10.7. The molecule has 0 aromatic heterocycles. The molecule has 0 aliphatic rings. The molecule has 13 heavy (non-hydrogen) atoms. The largest absolute Gasteiger partial charge is 0.0984 e. The van der Waals surface area contributed by atoms with Crippen molar-refractivity contribution in [1.29, 1.82) is 0 Å². The molecule has 0 saturated carbocycles. The minimum atomic E-state index is 0. The predicted molar refractivity (Wildman–Crippen MR) is 65.3 cm³/mol. The number of thioether (sulfide) groups is 1. The van der Waals surface area contributed by atoms with Crippen molar-refractivity contribution >= 4 is 11.8 Å². The summed E-state index contributed by atoms with van der Waals surface area (Å²) < 4.78 is 0. The fourth-order valence-corrected chi connectivity index (χ4v) is 1.37. The van der Waals surface area contributed by atoms with Crippen molar-refractivity contribution in [2.75, 3.05) is 0 Å². The molecule has 0 nitrogen and oxygen atoms in total. The van der Waals surface area contributed by atoms with Gasteiger partial charge >= 0.3 is 0 Å². The number of benzene rings is 1. The van der Waals surface area contributed by atoms with E-state index in [-0.39, 0.29) is 7.43 Å². The summed E-state index contributed by atoms with van der Waals surface area (Å²) in [5.74, 6) is 0. The maximum absolute atomic E-state index is 3.66. The van der Waals surface area contributed by atoms with Gasteiger partial charge in [0.1, 0.15) is 0 Å². The van der Waals surface area contributed by atoms with Crippen LogP contribution in [0.25, 0.3) is 0 Å². The van der Waals surface area contributed by atoms with Crippen LogP contribution < -0.4 is 0 Å². The zero-order chi connectivity index (χ0) is 9.40. The molecule has 1 aromatic rings. The molecule has 0 radical (unpaired) electrons. The van der Waals surface area contributed by atoms with Gasteiger partial charge in [0.05, 0.1) is 0 Å². The average Bonchev–Trinajstić information content (AvgIpc) is 2.13. The third-order valence-corrected chi connectivity index (χ3v) is 2.18. The Morgan fingerprint density at radius 3 is 2.23 bits per heavy atom. The van der Waals surface area contributed by atoms with Crippen LogP contribution in [0.1, 0.15) is 26.8 Å². The van der Waals surface area contributed by atoms with Crippen LogP contribution in [0, 0.1) is 6.92 Å². The molecule has 0 fully saturated rings. The van der Waals surface area contributed by atoms with Gasteiger partial charge in [0, 0.05) is 4.90 Å². The fourth-order valence-electron chi connectivity index (χ4n) is 0.778. The summed E-state index contributed by atoms with van der Waals surface area (Å²) in [6, 6.07) is 8.29. The van der Waals surface area contributed by atoms with Gasteiger partial charge < -0.3 is 0 Å². The van der Waals surface area contributed by atoms with E-state index in [0.29, 0.717) is 0 Å². The van der Waals surface area contributed by atoms with E-state index in [0.717, 1.165) is 0 Å². The predicted octanol–water partition coefficient (Wildman–Crippen LogP) is 4.89. The van der Waals surface area contributed by atoms with Crippen LogP contribution in [0.4, 0.5) is 0 Å². The van der Waals surface area contributed by atoms with Crippen LogP contribution in [-0.2, 0) is 0 Å². The first-order valence-electron chi connectivity index (χ1n) is 4.18. The van der Waals surface area contributed by atoms with Gasteiger partial charge in [0.15, 0.2) is 0 Å². The van der Waals surface area contributed by atoms with Crippen LogP contribution >= 0.6 is 11.8 Å². The monoisotopic (exact) mass is 196 g/mol.